The molecule has 7 heteroatoms. The van der Waals surface area contributed by atoms with Crippen LogP contribution >= 0.6 is 0 Å². The third-order valence-corrected chi connectivity index (χ3v) is 4.23. The molecule has 1 aliphatic carbocycles. The van der Waals surface area contributed by atoms with Crippen molar-refractivity contribution in [2.45, 2.75) is 37.8 Å². The highest BCUT2D eigenvalue weighted by Gasteiger charge is 2.36. The van der Waals surface area contributed by atoms with E-state index in [1.165, 1.54) is 25.0 Å². The van der Waals surface area contributed by atoms with Gasteiger partial charge in [0, 0.05) is 24.8 Å². The fraction of sp³-hybridized carbons (Fsp3) is 0.533. The molecule has 3 rings (SSSR count). The first-order chi connectivity index (χ1) is 10.5. The lowest BCUT2D eigenvalue weighted by Crippen LogP contribution is -2.42. The fourth-order valence-corrected chi connectivity index (χ4v) is 2.84. The summed E-state index contributed by atoms with van der Waals surface area (Å²) in [5, 5.41) is 23.4. The maximum absolute atomic E-state index is 12.3. The van der Waals surface area contributed by atoms with Crippen molar-refractivity contribution in [1.82, 2.24) is 5.32 Å². The quantitative estimate of drug-likeness (QED) is 0.654. The normalized spacial score (nSPS) is 24.7. The van der Waals surface area contributed by atoms with Crippen LogP contribution < -0.4 is 5.32 Å². The summed E-state index contributed by atoms with van der Waals surface area (Å²) in [6.07, 6.45) is 4.02. The summed E-state index contributed by atoms with van der Waals surface area (Å²) >= 11 is 0. The van der Waals surface area contributed by atoms with Crippen LogP contribution in [0.2, 0.25) is 0 Å². The minimum absolute atomic E-state index is 0.0227. The third kappa shape index (κ3) is 3.19. The van der Waals surface area contributed by atoms with Crippen LogP contribution in [0.4, 0.5) is 5.69 Å². The van der Waals surface area contributed by atoms with Gasteiger partial charge in [-0.2, -0.15) is 0 Å². The van der Waals surface area contributed by atoms with E-state index in [1.807, 2.05) is 0 Å². The Labute approximate surface area is 127 Å². The molecular weight excluding hydrogens is 288 g/mol. The lowest BCUT2D eigenvalue weighted by Gasteiger charge is -2.30. The molecule has 0 aromatic heterocycles. The van der Waals surface area contributed by atoms with E-state index in [4.69, 9.17) is 4.74 Å². The number of aromatic hydroxyl groups is 1. The molecule has 22 heavy (non-hydrogen) atoms. The molecule has 2 fully saturated rings. The predicted octanol–water partition coefficient (Wildman–Crippen LogP) is 1.99. The minimum atomic E-state index is -0.589. The summed E-state index contributed by atoms with van der Waals surface area (Å²) in [6.45, 7) is 0.604. The number of carbonyl (C=O) groups is 1. The van der Waals surface area contributed by atoms with Gasteiger partial charge in [0.2, 0.25) is 0 Å². The first kappa shape index (κ1) is 14.8. The van der Waals surface area contributed by atoms with Crippen molar-refractivity contribution in [2.24, 2.45) is 5.92 Å². The van der Waals surface area contributed by atoms with Gasteiger partial charge in [-0.1, -0.05) is 0 Å². The Hall–Kier alpha value is -2.15. The van der Waals surface area contributed by atoms with Gasteiger partial charge in [-0.3, -0.25) is 14.9 Å². The van der Waals surface area contributed by atoms with Crippen LogP contribution in [-0.4, -0.2) is 34.7 Å². The molecule has 0 unspecified atom stereocenters. The highest BCUT2D eigenvalue weighted by Crippen LogP contribution is 2.38. The van der Waals surface area contributed by atoms with Gasteiger partial charge in [0.1, 0.15) is 5.75 Å². The van der Waals surface area contributed by atoms with Gasteiger partial charge < -0.3 is 15.2 Å². The number of nitro groups is 1. The number of nitrogens with zero attached hydrogens (tertiary/aromatic N) is 1. The van der Waals surface area contributed by atoms with E-state index in [-0.39, 0.29) is 29.1 Å². The highest BCUT2D eigenvalue weighted by molar-refractivity contribution is 5.97. The Balaban J connectivity index is 1.68. The molecule has 1 saturated heterocycles. The van der Waals surface area contributed by atoms with Crippen molar-refractivity contribution in [3.63, 3.8) is 0 Å². The summed E-state index contributed by atoms with van der Waals surface area (Å²) in [6, 6.07) is 3.42. The molecule has 2 aliphatic rings. The Morgan fingerprint density at radius 2 is 2.14 bits per heavy atom. The Bertz CT molecular complexity index is 600. The second kappa shape index (κ2) is 5.92. The van der Waals surface area contributed by atoms with Crippen LogP contribution in [0.3, 0.4) is 0 Å². The number of ether oxygens (including phenoxy) is 1. The predicted molar refractivity (Wildman–Crippen MR) is 77.7 cm³/mol. The topological polar surface area (TPSA) is 102 Å². The highest BCUT2D eigenvalue weighted by atomic mass is 16.6. The molecule has 1 amide bonds. The lowest BCUT2D eigenvalue weighted by atomic mass is 9.99. The SMILES string of the molecule is O=C(N[C@H]1CCO[C@H](C2CC2)C1)c1cc([N+](=O)[O-])ccc1O. The van der Waals surface area contributed by atoms with Crippen LogP contribution in [0, 0.1) is 16.0 Å². The Morgan fingerprint density at radius 3 is 2.82 bits per heavy atom. The molecule has 0 radical (unpaired) electrons. The van der Waals surface area contributed by atoms with Crippen molar-refractivity contribution in [1.29, 1.82) is 0 Å². The number of nitrogens with one attached hydrogen (secondary N) is 1. The maximum Gasteiger partial charge on any atom is 0.270 e. The minimum Gasteiger partial charge on any atom is -0.507 e. The molecule has 1 aromatic rings. The van der Waals surface area contributed by atoms with Crippen LogP contribution in [0.1, 0.15) is 36.0 Å². The summed E-state index contributed by atoms with van der Waals surface area (Å²) in [4.78, 5) is 22.5. The molecule has 2 atom stereocenters. The number of nitro benzene ring substituents is 1. The zero-order chi connectivity index (χ0) is 15.7. The summed E-state index contributed by atoms with van der Waals surface area (Å²) in [5.41, 5.74) is -0.283. The Morgan fingerprint density at radius 1 is 1.36 bits per heavy atom. The van der Waals surface area contributed by atoms with Crippen molar-refractivity contribution in [3.05, 3.63) is 33.9 Å². The number of amides is 1. The average molecular weight is 306 g/mol. The van der Waals surface area contributed by atoms with Gasteiger partial charge in [-0.25, -0.2) is 0 Å². The molecule has 1 aliphatic heterocycles. The molecule has 1 heterocycles. The molecule has 2 N–H and O–H groups in total. The molecule has 0 spiro atoms. The number of phenols is 1. The maximum atomic E-state index is 12.3. The second-order valence-corrected chi connectivity index (χ2v) is 5.90. The molecule has 0 bridgehead atoms. The average Bonchev–Trinajstić information content (AvgIpc) is 3.32. The number of hydrogen-bond acceptors (Lipinski definition) is 5. The first-order valence-corrected chi connectivity index (χ1v) is 7.44. The largest absolute Gasteiger partial charge is 0.507 e. The van der Waals surface area contributed by atoms with Crippen LogP contribution in [0.5, 0.6) is 5.75 Å². The zero-order valence-corrected chi connectivity index (χ0v) is 12.0. The van der Waals surface area contributed by atoms with Crippen molar-refractivity contribution in [3.8, 4) is 5.75 Å². The van der Waals surface area contributed by atoms with E-state index in [2.05, 4.69) is 5.32 Å². The number of hydrogen-bond donors (Lipinski definition) is 2. The summed E-state index contributed by atoms with van der Waals surface area (Å²) in [5.74, 6) is -0.137. The first-order valence-electron chi connectivity index (χ1n) is 7.44. The lowest BCUT2D eigenvalue weighted by molar-refractivity contribution is -0.384. The van der Waals surface area contributed by atoms with Gasteiger partial charge in [-0.15, -0.1) is 0 Å². The number of carbonyl (C=O) groups excluding carboxylic acids is 1. The van der Waals surface area contributed by atoms with Gasteiger partial charge in [0.05, 0.1) is 16.6 Å². The molecule has 118 valence electrons. The van der Waals surface area contributed by atoms with Gasteiger partial charge >= 0.3 is 0 Å². The van der Waals surface area contributed by atoms with Crippen LogP contribution in [0.25, 0.3) is 0 Å². The molecular formula is C15H18N2O5. The summed E-state index contributed by atoms with van der Waals surface area (Å²) in [7, 11) is 0. The monoisotopic (exact) mass is 306 g/mol. The van der Waals surface area contributed by atoms with Crippen LogP contribution in [0.15, 0.2) is 18.2 Å². The molecule has 7 nitrogen and oxygen atoms in total. The molecule has 1 saturated carbocycles. The van der Waals surface area contributed by atoms with Gasteiger partial charge in [0.15, 0.2) is 0 Å². The molecule has 1 aromatic carbocycles. The number of benzene rings is 1. The second-order valence-electron chi connectivity index (χ2n) is 5.90. The smallest absolute Gasteiger partial charge is 0.270 e. The van der Waals surface area contributed by atoms with E-state index in [9.17, 15) is 20.0 Å². The van der Waals surface area contributed by atoms with E-state index in [0.717, 1.165) is 12.5 Å². The van der Waals surface area contributed by atoms with Crippen molar-refractivity contribution < 1.29 is 19.6 Å². The van der Waals surface area contributed by atoms with E-state index < -0.39 is 10.8 Å². The third-order valence-electron chi connectivity index (χ3n) is 4.23. The standard InChI is InChI=1S/C15H18N2O5/c18-13-4-3-11(17(20)21)8-12(13)15(19)16-10-5-6-22-14(7-10)9-1-2-9/h3-4,8-10,14,18H,1-2,5-7H2,(H,16,19)/t10-,14-/m0/s1. The van der Waals surface area contributed by atoms with Crippen molar-refractivity contribution in [2.75, 3.05) is 6.61 Å². The zero-order valence-electron chi connectivity index (χ0n) is 12.0. The fourth-order valence-electron chi connectivity index (χ4n) is 2.84. The van der Waals surface area contributed by atoms with Gasteiger partial charge in [0.25, 0.3) is 11.6 Å². The van der Waals surface area contributed by atoms with E-state index >= 15 is 0 Å². The summed E-state index contributed by atoms with van der Waals surface area (Å²) < 4.78 is 5.70. The number of non-ortho nitro benzene ring substituents is 1. The Kier molecular flexibility index (Phi) is 3.98. The van der Waals surface area contributed by atoms with Crippen LogP contribution in [-0.2, 0) is 4.74 Å². The number of phenolic OH excluding ortho intramolecular Hbond substituents is 1. The number of rotatable bonds is 4. The van der Waals surface area contributed by atoms with E-state index in [0.29, 0.717) is 18.9 Å². The van der Waals surface area contributed by atoms with Crippen molar-refractivity contribution >= 4 is 11.6 Å². The van der Waals surface area contributed by atoms with Gasteiger partial charge in [-0.05, 0) is 37.7 Å². The van der Waals surface area contributed by atoms with E-state index in [1.54, 1.807) is 0 Å².